The Morgan fingerprint density at radius 3 is 2.23 bits per heavy atom. The van der Waals surface area contributed by atoms with Crippen LogP contribution in [0.1, 0.15) is 25.3 Å². The smallest absolute Gasteiger partial charge is 0.321 e. The highest BCUT2D eigenvalue weighted by Gasteiger charge is 2.31. The van der Waals surface area contributed by atoms with E-state index in [1.807, 2.05) is 12.1 Å². The summed E-state index contributed by atoms with van der Waals surface area (Å²) in [5.41, 5.74) is 1.10. The molecule has 0 saturated carbocycles. The lowest BCUT2D eigenvalue weighted by Crippen LogP contribution is -3.15. The van der Waals surface area contributed by atoms with Crippen LogP contribution in [-0.4, -0.2) is 64.4 Å². The van der Waals surface area contributed by atoms with E-state index in [1.165, 1.54) is 11.4 Å². The number of sulfonamides is 1. The van der Waals surface area contributed by atoms with Gasteiger partial charge in [0.15, 0.2) is 6.54 Å². The first-order valence-electron chi connectivity index (χ1n) is 8.69. The second-order valence-corrected chi connectivity index (χ2v) is 8.62. The van der Waals surface area contributed by atoms with Gasteiger partial charge in [-0.1, -0.05) is 26.0 Å². The first kappa shape index (κ1) is 20.3. The summed E-state index contributed by atoms with van der Waals surface area (Å²) in [7, 11) is -2.09. The number of benzene rings is 1. The molecule has 0 spiro atoms. The van der Waals surface area contributed by atoms with E-state index >= 15 is 0 Å². The highest BCUT2D eigenvalue weighted by molar-refractivity contribution is 7.89. The summed E-state index contributed by atoms with van der Waals surface area (Å²) in [5, 5.41) is 4.54. The van der Waals surface area contributed by atoms with E-state index in [-0.39, 0.29) is 12.5 Å². The molecule has 3 amide bonds. The molecule has 0 bridgehead atoms. The van der Waals surface area contributed by atoms with Gasteiger partial charge in [-0.2, -0.15) is 4.31 Å². The van der Waals surface area contributed by atoms with Crippen LogP contribution in [0.3, 0.4) is 0 Å². The van der Waals surface area contributed by atoms with Crippen LogP contribution in [0.25, 0.3) is 0 Å². The van der Waals surface area contributed by atoms with Gasteiger partial charge in [-0.15, -0.1) is 0 Å². The first-order chi connectivity index (χ1) is 12.2. The molecule has 1 aliphatic rings. The number of imide groups is 1. The average molecular weight is 383 g/mol. The van der Waals surface area contributed by atoms with Gasteiger partial charge in [0, 0.05) is 7.05 Å². The van der Waals surface area contributed by atoms with Gasteiger partial charge < -0.3 is 10.2 Å². The monoisotopic (exact) mass is 383 g/mol. The molecule has 0 unspecified atom stereocenters. The van der Waals surface area contributed by atoms with Gasteiger partial charge in [-0.25, -0.2) is 13.2 Å². The molecule has 2 rings (SSSR count). The molecule has 1 aliphatic heterocycles. The maximum atomic E-state index is 12.8. The van der Waals surface area contributed by atoms with E-state index in [4.69, 9.17) is 0 Å². The number of nitrogens with one attached hydrogen (secondary N) is 3. The lowest BCUT2D eigenvalue weighted by molar-refractivity contribution is -0.895. The fourth-order valence-corrected chi connectivity index (χ4v) is 4.30. The third kappa shape index (κ3) is 5.03. The first-order valence-corrected chi connectivity index (χ1v) is 10.1. The standard InChI is InChI=1S/C17H26N4O4S/c1-13(2)14-4-6-15(7-5-14)26(24,25)21-10-8-20(9-11-21)12-16(22)19-17(23)18-3/h4-7,13H,8-12H2,1-3H3,(H2,18,19,22,23)/p+1. The number of hydrogen-bond acceptors (Lipinski definition) is 4. The summed E-state index contributed by atoms with van der Waals surface area (Å²) in [6.07, 6.45) is 0. The highest BCUT2D eigenvalue weighted by Crippen LogP contribution is 2.20. The largest absolute Gasteiger partial charge is 0.341 e. The molecule has 1 aromatic rings. The van der Waals surface area contributed by atoms with Crippen LogP contribution in [0.4, 0.5) is 4.79 Å². The lowest BCUT2D eigenvalue weighted by Gasteiger charge is -2.31. The van der Waals surface area contributed by atoms with Crippen LogP contribution in [-0.2, 0) is 14.8 Å². The summed E-state index contributed by atoms with van der Waals surface area (Å²) in [6, 6.07) is 6.46. The predicted molar refractivity (Wildman–Crippen MR) is 97.5 cm³/mol. The van der Waals surface area contributed by atoms with Crippen molar-refractivity contribution in [1.82, 2.24) is 14.9 Å². The maximum absolute atomic E-state index is 12.8. The third-order valence-electron chi connectivity index (χ3n) is 4.50. The zero-order valence-electron chi connectivity index (χ0n) is 15.4. The van der Waals surface area contributed by atoms with Crippen LogP contribution in [0.5, 0.6) is 0 Å². The molecule has 0 atom stereocenters. The number of hydrogen-bond donors (Lipinski definition) is 3. The zero-order valence-corrected chi connectivity index (χ0v) is 16.2. The van der Waals surface area contributed by atoms with Crippen LogP contribution in [0.15, 0.2) is 29.2 Å². The van der Waals surface area contributed by atoms with Crippen molar-refractivity contribution >= 4 is 22.0 Å². The number of rotatable bonds is 5. The van der Waals surface area contributed by atoms with E-state index in [2.05, 4.69) is 24.5 Å². The van der Waals surface area contributed by atoms with Crippen LogP contribution in [0.2, 0.25) is 0 Å². The minimum Gasteiger partial charge on any atom is -0.341 e. The Morgan fingerprint density at radius 2 is 1.73 bits per heavy atom. The summed E-state index contributed by atoms with van der Waals surface area (Å²) in [6.45, 7) is 5.99. The molecular formula is C17H27N4O4S+. The molecule has 144 valence electrons. The van der Waals surface area contributed by atoms with E-state index < -0.39 is 16.1 Å². The minimum absolute atomic E-state index is 0.143. The molecule has 0 aliphatic carbocycles. The fraction of sp³-hybridized carbons (Fsp3) is 0.529. The van der Waals surface area contributed by atoms with Crippen molar-refractivity contribution in [3.05, 3.63) is 29.8 Å². The molecule has 1 aromatic carbocycles. The molecule has 1 fully saturated rings. The number of carbonyl (C=O) groups excluding carboxylic acids is 2. The van der Waals surface area contributed by atoms with Crippen LogP contribution >= 0.6 is 0 Å². The predicted octanol–water partition coefficient (Wildman–Crippen LogP) is -0.845. The molecule has 26 heavy (non-hydrogen) atoms. The molecule has 0 aromatic heterocycles. The average Bonchev–Trinajstić information content (AvgIpc) is 2.62. The number of urea groups is 1. The molecular weight excluding hydrogens is 356 g/mol. The van der Waals surface area contributed by atoms with Gasteiger partial charge in [-0.05, 0) is 23.6 Å². The second-order valence-electron chi connectivity index (χ2n) is 6.68. The molecule has 8 nitrogen and oxygen atoms in total. The van der Waals surface area contributed by atoms with Crippen molar-refractivity contribution in [2.75, 3.05) is 39.8 Å². The van der Waals surface area contributed by atoms with Crippen molar-refractivity contribution in [3.63, 3.8) is 0 Å². The Bertz CT molecular complexity index is 739. The van der Waals surface area contributed by atoms with Crippen LogP contribution in [0, 0.1) is 0 Å². The second kappa shape index (κ2) is 8.61. The lowest BCUT2D eigenvalue weighted by atomic mass is 10.0. The quantitative estimate of drug-likeness (QED) is 0.617. The van der Waals surface area contributed by atoms with Crippen molar-refractivity contribution in [2.24, 2.45) is 0 Å². The van der Waals surface area contributed by atoms with Gasteiger partial charge in [0.2, 0.25) is 10.0 Å². The third-order valence-corrected chi connectivity index (χ3v) is 6.42. The SMILES string of the molecule is CNC(=O)NC(=O)C[NH+]1CCN(S(=O)(=O)c2ccc(C(C)C)cc2)CC1. The van der Waals surface area contributed by atoms with Gasteiger partial charge in [0.25, 0.3) is 5.91 Å². The van der Waals surface area contributed by atoms with Crippen molar-refractivity contribution in [2.45, 2.75) is 24.7 Å². The van der Waals surface area contributed by atoms with Gasteiger partial charge in [0.05, 0.1) is 31.1 Å². The highest BCUT2D eigenvalue weighted by atomic mass is 32.2. The topological polar surface area (TPSA) is 100 Å². The molecule has 3 N–H and O–H groups in total. The number of amides is 3. The number of carbonyl (C=O) groups is 2. The van der Waals surface area contributed by atoms with Gasteiger partial charge in [-0.3, -0.25) is 10.1 Å². The number of quaternary nitrogens is 1. The van der Waals surface area contributed by atoms with Crippen molar-refractivity contribution in [1.29, 1.82) is 0 Å². The Kier molecular flexibility index (Phi) is 6.74. The van der Waals surface area contributed by atoms with E-state index in [0.717, 1.165) is 10.5 Å². The Balaban J connectivity index is 1.93. The molecule has 9 heteroatoms. The van der Waals surface area contributed by atoms with Crippen molar-refractivity contribution in [3.8, 4) is 0 Å². The summed E-state index contributed by atoms with van der Waals surface area (Å²) in [4.78, 5) is 24.1. The zero-order chi connectivity index (χ0) is 19.3. The van der Waals surface area contributed by atoms with Crippen molar-refractivity contribution < 1.29 is 22.9 Å². The maximum Gasteiger partial charge on any atom is 0.321 e. The van der Waals surface area contributed by atoms with E-state index in [9.17, 15) is 18.0 Å². The normalized spacial score (nSPS) is 16.5. The summed E-state index contributed by atoms with van der Waals surface area (Å²) >= 11 is 0. The summed E-state index contributed by atoms with van der Waals surface area (Å²) in [5.74, 6) is -0.0280. The van der Waals surface area contributed by atoms with Crippen LogP contribution < -0.4 is 15.5 Å². The Morgan fingerprint density at radius 1 is 1.15 bits per heavy atom. The number of nitrogens with zero attached hydrogens (tertiary/aromatic N) is 1. The molecule has 1 heterocycles. The van der Waals surface area contributed by atoms with E-state index in [1.54, 1.807) is 12.1 Å². The Labute approximate surface area is 154 Å². The number of piperazine rings is 1. The van der Waals surface area contributed by atoms with E-state index in [0.29, 0.717) is 37.0 Å². The molecule has 1 saturated heterocycles. The Hall–Kier alpha value is -1.97. The summed E-state index contributed by atoms with van der Waals surface area (Å²) < 4.78 is 27.0. The fourth-order valence-electron chi connectivity index (χ4n) is 2.85. The molecule has 0 radical (unpaired) electrons. The minimum atomic E-state index is -3.52. The van der Waals surface area contributed by atoms with Gasteiger partial charge in [0.1, 0.15) is 0 Å². The van der Waals surface area contributed by atoms with Gasteiger partial charge >= 0.3 is 6.03 Å².